The summed E-state index contributed by atoms with van der Waals surface area (Å²) in [7, 11) is -0.376. The van der Waals surface area contributed by atoms with Crippen molar-refractivity contribution >= 4 is 14.3 Å². The highest BCUT2D eigenvalue weighted by Gasteiger charge is 2.30. The summed E-state index contributed by atoms with van der Waals surface area (Å²) in [5.41, 5.74) is 3.23. The zero-order valence-electron chi connectivity index (χ0n) is 16.1. The van der Waals surface area contributed by atoms with E-state index >= 15 is 0 Å². The maximum Gasteiger partial charge on any atom is 0.337 e. The Hall–Kier alpha value is -1.81. The number of hydrogen-bond donors (Lipinski definition) is 0. The largest absolute Gasteiger partial charge is 0.547 e. The molecule has 2 rings (SSSR count). The molecule has 0 aliphatic heterocycles. The summed E-state index contributed by atoms with van der Waals surface area (Å²) < 4.78 is 11.6. The van der Waals surface area contributed by atoms with Crippen LogP contribution in [-0.4, -0.2) is 21.4 Å². The second-order valence-electron chi connectivity index (χ2n) is 7.63. The second kappa shape index (κ2) is 8.52. The molecule has 0 heterocycles. The van der Waals surface area contributed by atoms with Crippen molar-refractivity contribution in [2.45, 2.75) is 58.2 Å². The third kappa shape index (κ3) is 5.60. The van der Waals surface area contributed by atoms with Crippen LogP contribution < -0.4 is 0 Å². The molecule has 0 spiro atoms. The highest BCUT2D eigenvalue weighted by molar-refractivity contribution is 6.70. The van der Waals surface area contributed by atoms with Crippen molar-refractivity contribution in [2.75, 3.05) is 7.11 Å². The summed E-state index contributed by atoms with van der Waals surface area (Å²) in [6.45, 7) is 8.63. The SMILES string of the molecule is COC(=O)C1=C(O[Si](C)(C)C)CCC=C(C)CC[C@@H]1c1ccccc1. The molecule has 0 unspecified atom stereocenters. The Morgan fingerprint density at radius 2 is 1.80 bits per heavy atom. The molecule has 1 aromatic carbocycles. The van der Waals surface area contributed by atoms with Gasteiger partial charge in [0.1, 0.15) is 0 Å². The fourth-order valence-electron chi connectivity index (χ4n) is 3.26. The Balaban J connectivity index is 2.58. The van der Waals surface area contributed by atoms with E-state index < -0.39 is 8.32 Å². The molecule has 0 aromatic heterocycles. The average Bonchev–Trinajstić information content (AvgIpc) is 2.63. The lowest BCUT2D eigenvalue weighted by Crippen LogP contribution is -2.28. The minimum Gasteiger partial charge on any atom is -0.547 e. The number of benzene rings is 1. The summed E-state index contributed by atoms with van der Waals surface area (Å²) in [6, 6.07) is 10.2. The Kier molecular flexibility index (Phi) is 6.65. The van der Waals surface area contributed by atoms with Crippen molar-refractivity contribution in [2.24, 2.45) is 0 Å². The van der Waals surface area contributed by atoms with Gasteiger partial charge in [0.15, 0.2) is 0 Å². The van der Waals surface area contributed by atoms with Gasteiger partial charge in [-0.1, -0.05) is 42.0 Å². The first-order valence-electron chi connectivity index (χ1n) is 9.03. The van der Waals surface area contributed by atoms with Gasteiger partial charge in [0, 0.05) is 12.3 Å². The van der Waals surface area contributed by atoms with Gasteiger partial charge < -0.3 is 9.16 Å². The predicted octanol–water partition coefficient (Wildman–Crippen LogP) is 5.57. The summed E-state index contributed by atoms with van der Waals surface area (Å²) in [4.78, 5) is 12.7. The van der Waals surface area contributed by atoms with Crippen molar-refractivity contribution in [3.05, 3.63) is 58.9 Å². The highest BCUT2D eigenvalue weighted by Crippen LogP contribution is 2.37. The topological polar surface area (TPSA) is 35.5 Å². The summed E-state index contributed by atoms with van der Waals surface area (Å²) in [6.07, 6.45) is 5.77. The normalized spacial score (nSPS) is 19.4. The number of hydrogen-bond acceptors (Lipinski definition) is 3. The summed E-state index contributed by atoms with van der Waals surface area (Å²) in [5.74, 6) is 0.564. The molecule has 1 aliphatic rings. The van der Waals surface area contributed by atoms with E-state index in [2.05, 4.69) is 44.8 Å². The first-order valence-corrected chi connectivity index (χ1v) is 12.4. The Bertz CT molecular complexity index is 653. The average molecular weight is 359 g/mol. The van der Waals surface area contributed by atoms with Gasteiger partial charge in [-0.3, -0.25) is 0 Å². The number of rotatable bonds is 4. The van der Waals surface area contributed by atoms with E-state index in [0.29, 0.717) is 5.57 Å². The standard InChI is InChI=1S/C21H30O3Si/c1-16-10-9-13-19(24-25(3,4)5)20(21(22)23-2)18(15-14-16)17-11-7-6-8-12-17/h6-8,10-12,18H,9,13-15H2,1-5H3/t18-/m1/s1. The number of allylic oxidation sites excluding steroid dienone is 3. The number of ether oxygens (including phenoxy) is 1. The molecule has 0 N–H and O–H groups in total. The minimum atomic E-state index is -1.83. The Labute approximate surface area is 152 Å². The van der Waals surface area contributed by atoms with Crippen LogP contribution in [-0.2, 0) is 14.0 Å². The second-order valence-corrected chi connectivity index (χ2v) is 12.1. The van der Waals surface area contributed by atoms with Gasteiger partial charge in [-0.15, -0.1) is 0 Å². The van der Waals surface area contributed by atoms with E-state index in [4.69, 9.17) is 9.16 Å². The van der Waals surface area contributed by atoms with Crippen LogP contribution in [0.4, 0.5) is 0 Å². The molecule has 0 saturated carbocycles. The van der Waals surface area contributed by atoms with Crippen molar-refractivity contribution in [3.63, 3.8) is 0 Å². The van der Waals surface area contributed by atoms with E-state index in [1.807, 2.05) is 18.2 Å². The van der Waals surface area contributed by atoms with E-state index in [-0.39, 0.29) is 11.9 Å². The van der Waals surface area contributed by atoms with E-state index in [0.717, 1.165) is 37.0 Å². The molecule has 0 bridgehead atoms. The van der Waals surface area contributed by atoms with Gasteiger partial charge >= 0.3 is 5.97 Å². The van der Waals surface area contributed by atoms with Gasteiger partial charge in [0.25, 0.3) is 0 Å². The van der Waals surface area contributed by atoms with Crippen molar-refractivity contribution in [3.8, 4) is 0 Å². The quantitative estimate of drug-likeness (QED) is 0.401. The lowest BCUT2D eigenvalue weighted by atomic mass is 9.85. The molecule has 25 heavy (non-hydrogen) atoms. The van der Waals surface area contributed by atoms with Crippen LogP contribution in [0, 0.1) is 0 Å². The third-order valence-corrected chi connectivity index (χ3v) is 5.24. The minimum absolute atomic E-state index is 0.00134. The Morgan fingerprint density at radius 3 is 2.40 bits per heavy atom. The fourth-order valence-corrected chi connectivity index (χ4v) is 4.21. The van der Waals surface area contributed by atoms with Gasteiger partial charge in [-0.05, 0) is 51.4 Å². The predicted molar refractivity (Wildman–Crippen MR) is 105 cm³/mol. The molecule has 4 heteroatoms. The van der Waals surface area contributed by atoms with Crippen LogP contribution in [0.15, 0.2) is 53.3 Å². The molecule has 0 saturated heterocycles. The van der Waals surface area contributed by atoms with E-state index in [9.17, 15) is 4.79 Å². The first-order chi connectivity index (χ1) is 11.8. The molecule has 0 fully saturated rings. The van der Waals surface area contributed by atoms with Gasteiger partial charge in [-0.2, -0.15) is 0 Å². The highest BCUT2D eigenvalue weighted by atomic mass is 28.4. The lowest BCUT2D eigenvalue weighted by molar-refractivity contribution is -0.136. The zero-order valence-corrected chi connectivity index (χ0v) is 17.1. The van der Waals surface area contributed by atoms with Crippen molar-refractivity contribution < 1.29 is 14.0 Å². The maximum atomic E-state index is 12.7. The first kappa shape index (κ1) is 19.5. The molecule has 136 valence electrons. The number of carbonyl (C=O) groups is 1. The van der Waals surface area contributed by atoms with Crippen molar-refractivity contribution in [1.29, 1.82) is 0 Å². The lowest BCUT2D eigenvalue weighted by Gasteiger charge is -2.27. The summed E-state index contributed by atoms with van der Waals surface area (Å²) in [5, 5.41) is 0. The summed E-state index contributed by atoms with van der Waals surface area (Å²) >= 11 is 0. The van der Waals surface area contributed by atoms with Gasteiger partial charge in [-0.25, -0.2) is 4.79 Å². The molecule has 1 aromatic rings. The Morgan fingerprint density at radius 1 is 1.12 bits per heavy atom. The third-order valence-electron chi connectivity index (χ3n) is 4.38. The maximum absolute atomic E-state index is 12.7. The number of carbonyl (C=O) groups excluding carboxylic acids is 1. The molecule has 3 nitrogen and oxygen atoms in total. The molecule has 0 amide bonds. The van der Waals surface area contributed by atoms with Crippen LogP contribution in [0.25, 0.3) is 0 Å². The molecule has 1 atom stereocenters. The van der Waals surface area contributed by atoms with Gasteiger partial charge in [0.05, 0.1) is 18.4 Å². The van der Waals surface area contributed by atoms with Crippen LogP contribution in [0.5, 0.6) is 0 Å². The van der Waals surface area contributed by atoms with Gasteiger partial charge in [0.2, 0.25) is 8.32 Å². The molecule has 1 aliphatic carbocycles. The zero-order chi connectivity index (χ0) is 18.4. The van der Waals surface area contributed by atoms with Crippen LogP contribution >= 0.6 is 0 Å². The van der Waals surface area contributed by atoms with Crippen LogP contribution in [0.2, 0.25) is 19.6 Å². The van der Waals surface area contributed by atoms with Crippen LogP contribution in [0.1, 0.15) is 44.1 Å². The molecular weight excluding hydrogens is 328 g/mol. The van der Waals surface area contributed by atoms with Crippen molar-refractivity contribution in [1.82, 2.24) is 0 Å². The number of esters is 1. The van der Waals surface area contributed by atoms with E-state index in [1.54, 1.807) is 0 Å². The van der Waals surface area contributed by atoms with E-state index in [1.165, 1.54) is 12.7 Å². The monoisotopic (exact) mass is 358 g/mol. The van der Waals surface area contributed by atoms with Crippen LogP contribution in [0.3, 0.4) is 0 Å². The fraction of sp³-hybridized carbons (Fsp3) is 0.476. The molecular formula is C21H30O3Si. The molecule has 0 radical (unpaired) electrons. The number of methoxy groups -OCH3 is 1. The smallest absolute Gasteiger partial charge is 0.337 e.